The molecule has 3 aromatic rings. The van der Waals surface area contributed by atoms with E-state index in [4.69, 9.17) is 20.9 Å². The Bertz CT molecular complexity index is 1000. The van der Waals surface area contributed by atoms with Gasteiger partial charge in [0.25, 0.3) is 5.89 Å². The molecule has 2 aromatic carbocycles. The quantitative estimate of drug-likeness (QED) is 0.634. The topological polar surface area (TPSA) is 68.5 Å². The van der Waals surface area contributed by atoms with Crippen molar-refractivity contribution in [3.63, 3.8) is 0 Å². The largest absolute Gasteiger partial charge is 0.496 e. The monoisotopic (exact) mass is 397 g/mol. The van der Waals surface area contributed by atoms with E-state index in [0.29, 0.717) is 41.0 Å². The van der Waals surface area contributed by atoms with Crippen molar-refractivity contribution in [1.29, 1.82) is 0 Å². The third kappa shape index (κ3) is 3.47. The molecule has 0 bridgehead atoms. The molecule has 0 N–H and O–H groups in total. The van der Waals surface area contributed by atoms with E-state index < -0.39 is 0 Å². The van der Waals surface area contributed by atoms with Crippen molar-refractivity contribution in [1.82, 2.24) is 10.1 Å². The van der Waals surface area contributed by atoms with Gasteiger partial charge in [-0.2, -0.15) is 4.98 Å². The lowest BCUT2D eigenvalue weighted by Crippen LogP contribution is -2.24. The van der Waals surface area contributed by atoms with Gasteiger partial charge in [0.1, 0.15) is 5.75 Å². The molecule has 1 atom stereocenters. The van der Waals surface area contributed by atoms with Gasteiger partial charge in [0.15, 0.2) is 5.82 Å². The number of aromatic nitrogens is 2. The van der Waals surface area contributed by atoms with Gasteiger partial charge in [0.05, 0.1) is 12.7 Å². The fraction of sp³-hybridized carbons (Fsp3) is 0.286. The molecule has 4 rings (SSSR count). The third-order valence-electron chi connectivity index (χ3n) is 4.98. The van der Waals surface area contributed by atoms with Gasteiger partial charge in [-0.15, -0.1) is 0 Å². The smallest absolute Gasteiger partial charge is 0.261 e. The Morgan fingerprint density at radius 1 is 1.25 bits per heavy atom. The van der Waals surface area contributed by atoms with Crippen molar-refractivity contribution in [2.24, 2.45) is 0 Å². The highest BCUT2D eigenvalue weighted by Crippen LogP contribution is 2.34. The molecule has 28 heavy (non-hydrogen) atoms. The van der Waals surface area contributed by atoms with E-state index in [0.717, 1.165) is 12.1 Å². The summed E-state index contributed by atoms with van der Waals surface area (Å²) >= 11 is 6.01. The zero-order valence-electron chi connectivity index (χ0n) is 15.7. The first-order valence-corrected chi connectivity index (χ1v) is 9.53. The Labute approximate surface area is 168 Å². The van der Waals surface area contributed by atoms with Crippen molar-refractivity contribution < 1.29 is 14.1 Å². The summed E-state index contributed by atoms with van der Waals surface area (Å²) in [5, 5.41) is 4.67. The number of methoxy groups -OCH3 is 1. The van der Waals surface area contributed by atoms with E-state index in [9.17, 15) is 4.79 Å². The minimum absolute atomic E-state index is 0.0599. The van der Waals surface area contributed by atoms with Crippen LogP contribution in [0.5, 0.6) is 5.75 Å². The lowest BCUT2D eigenvalue weighted by atomic mass is 10.1. The maximum Gasteiger partial charge on any atom is 0.261 e. The SMILES string of the molecule is CCc1ccc(N2CC(c3noc(-c4ccc(Cl)cc4OC)n3)CC2=O)cc1. The van der Waals surface area contributed by atoms with Crippen LogP contribution in [0, 0.1) is 0 Å². The molecule has 144 valence electrons. The molecule has 1 fully saturated rings. The zero-order valence-corrected chi connectivity index (χ0v) is 16.4. The van der Waals surface area contributed by atoms with Crippen LogP contribution in [-0.4, -0.2) is 29.7 Å². The first-order chi connectivity index (χ1) is 13.6. The minimum Gasteiger partial charge on any atom is -0.496 e. The van der Waals surface area contributed by atoms with Crippen LogP contribution in [0.25, 0.3) is 11.5 Å². The van der Waals surface area contributed by atoms with Crippen LogP contribution in [0.15, 0.2) is 47.0 Å². The minimum atomic E-state index is -0.117. The van der Waals surface area contributed by atoms with Crippen LogP contribution in [0.2, 0.25) is 5.02 Å². The summed E-state index contributed by atoms with van der Waals surface area (Å²) in [5.74, 6) is 1.37. The highest BCUT2D eigenvalue weighted by atomic mass is 35.5. The Morgan fingerprint density at radius 3 is 2.75 bits per heavy atom. The number of hydrogen-bond donors (Lipinski definition) is 0. The van der Waals surface area contributed by atoms with Gasteiger partial charge in [-0.3, -0.25) is 4.79 Å². The van der Waals surface area contributed by atoms with Crippen molar-refractivity contribution in [3.8, 4) is 17.2 Å². The number of anilines is 1. The maximum atomic E-state index is 12.5. The van der Waals surface area contributed by atoms with E-state index in [-0.39, 0.29) is 11.8 Å². The molecule has 2 heterocycles. The Balaban J connectivity index is 1.55. The first-order valence-electron chi connectivity index (χ1n) is 9.16. The third-order valence-corrected chi connectivity index (χ3v) is 5.22. The number of hydrogen-bond acceptors (Lipinski definition) is 5. The normalized spacial score (nSPS) is 16.6. The molecule has 1 aliphatic heterocycles. The molecule has 1 unspecified atom stereocenters. The van der Waals surface area contributed by atoms with Crippen LogP contribution in [0.4, 0.5) is 5.69 Å². The first kappa shape index (κ1) is 18.5. The van der Waals surface area contributed by atoms with E-state index in [1.165, 1.54) is 5.56 Å². The number of halogens is 1. The highest BCUT2D eigenvalue weighted by Gasteiger charge is 2.34. The van der Waals surface area contributed by atoms with E-state index in [1.807, 2.05) is 12.1 Å². The predicted molar refractivity (Wildman–Crippen MR) is 107 cm³/mol. The van der Waals surface area contributed by atoms with Crippen molar-refractivity contribution in [2.45, 2.75) is 25.7 Å². The van der Waals surface area contributed by atoms with Gasteiger partial charge in [0, 0.05) is 29.6 Å². The maximum absolute atomic E-state index is 12.5. The number of carbonyl (C=O) groups excluding carboxylic acids is 1. The fourth-order valence-corrected chi connectivity index (χ4v) is 3.56. The van der Waals surface area contributed by atoms with Gasteiger partial charge in [-0.25, -0.2) is 0 Å². The van der Waals surface area contributed by atoms with Crippen LogP contribution in [-0.2, 0) is 11.2 Å². The Hall–Kier alpha value is -2.86. The van der Waals surface area contributed by atoms with Crippen molar-refractivity contribution >= 4 is 23.2 Å². The van der Waals surface area contributed by atoms with Crippen LogP contribution >= 0.6 is 11.6 Å². The molecule has 1 aliphatic rings. The number of nitrogens with zero attached hydrogens (tertiary/aromatic N) is 3. The average molecular weight is 398 g/mol. The second-order valence-corrected chi connectivity index (χ2v) is 7.16. The summed E-state index contributed by atoms with van der Waals surface area (Å²) in [4.78, 5) is 18.8. The number of carbonyl (C=O) groups is 1. The van der Waals surface area contributed by atoms with Crippen LogP contribution in [0.3, 0.4) is 0 Å². The number of rotatable bonds is 5. The molecular formula is C21H20ClN3O3. The van der Waals surface area contributed by atoms with E-state index in [2.05, 4.69) is 29.2 Å². The summed E-state index contributed by atoms with van der Waals surface area (Å²) in [6.07, 6.45) is 1.32. The van der Waals surface area contributed by atoms with Crippen molar-refractivity contribution in [2.75, 3.05) is 18.6 Å². The average Bonchev–Trinajstić information content (AvgIpc) is 3.35. The van der Waals surface area contributed by atoms with Crippen molar-refractivity contribution in [3.05, 3.63) is 58.9 Å². The second-order valence-electron chi connectivity index (χ2n) is 6.73. The number of amides is 1. The summed E-state index contributed by atoms with van der Waals surface area (Å²) < 4.78 is 10.8. The summed E-state index contributed by atoms with van der Waals surface area (Å²) in [6, 6.07) is 13.3. The van der Waals surface area contributed by atoms with Gasteiger partial charge in [-0.1, -0.05) is 35.8 Å². The van der Waals surface area contributed by atoms with Gasteiger partial charge in [0.2, 0.25) is 5.91 Å². The zero-order chi connectivity index (χ0) is 19.7. The highest BCUT2D eigenvalue weighted by molar-refractivity contribution is 6.30. The molecule has 7 heteroatoms. The summed E-state index contributed by atoms with van der Waals surface area (Å²) in [7, 11) is 1.56. The molecular weight excluding hydrogens is 378 g/mol. The van der Waals surface area contributed by atoms with E-state index in [1.54, 1.807) is 30.2 Å². The Morgan fingerprint density at radius 2 is 2.04 bits per heavy atom. The summed E-state index contributed by atoms with van der Waals surface area (Å²) in [5.41, 5.74) is 2.81. The molecule has 0 aliphatic carbocycles. The molecule has 0 spiro atoms. The van der Waals surface area contributed by atoms with Gasteiger partial charge < -0.3 is 14.2 Å². The second kappa shape index (κ2) is 7.64. The lowest BCUT2D eigenvalue weighted by Gasteiger charge is -2.16. The molecule has 0 radical (unpaired) electrons. The summed E-state index contributed by atoms with van der Waals surface area (Å²) in [6.45, 7) is 2.64. The molecule has 1 aromatic heterocycles. The number of benzene rings is 2. The molecule has 0 saturated carbocycles. The standard InChI is InChI=1S/C21H20ClN3O3/c1-3-13-4-7-16(8-5-13)25-12-14(10-19(25)26)20-23-21(28-24-20)17-9-6-15(22)11-18(17)27-2/h4-9,11,14H,3,10,12H2,1-2H3. The number of aryl methyl sites for hydroxylation is 1. The Kier molecular flexibility index (Phi) is 5.05. The van der Waals surface area contributed by atoms with Crippen LogP contribution < -0.4 is 9.64 Å². The molecule has 6 nitrogen and oxygen atoms in total. The van der Waals surface area contributed by atoms with Gasteiger partial charge >= 0.3 is 0 Å². The fourth-order valence-electron chi connectivity index (χ4n) is 3.39. The van der Waals surface area contributed by atoms with E-state index >= 15 is 0 Å². The predicted octanol–water partition coefficient (Wildman–Crippen LogP) is 4.48. The molecule has 1 amide bonds. The van der Waals surface area contributed by atoms with Crippen LogP contribution in [0.1, 0.15) is 30.7 Å². The van der Waals surface area contributed by atoms with Gasteiger partial charge in [-0.05, 0) is 42.3 Å². The molecule has 1 saturated heterocycles. The lowest BCUT2D eigenvalue weighted by molar-refractivity contribution is -0.117. The number of ether oxygens (including phenoxy) is 1.